The molecule has 0 unspecified atom stereocenters. The van der Waals surface area contributed by atoms with Crippen LogP contribution in [0.1, 0.15) is 47.2 Å². The highest BCUT2D eigenvalue weighted by atomic mass is 16.3. The maximum absolute atomic E-state index is 6.54. The van der Waals surface area contributed by atoms with E-state index in [9.17, 15) is 0 Å². The minimum absolute atomic E-state index is 0.136. The highest BCUT2D eigenvalue weighted by Crippen LogP contribution is 2.65. The summed E-state index contributed by atoms with van der Waals surface area (Å²) in [4.78, 5) is 2.48. The quantitative estimate of drug-likeness (QED) is 0.184. The number of rotatable bonds is 3. The molecule has 3 aliphatic rings. The third-order valence-corrected chi connectivity index (χ3v) is 12.7. The largest absolute Gasteiger partial charge is 0.456 e. The van der Waals surface area contributed by atoms with Gasteiger partial charge in [-0.2, -0.15) is 0 Å². The van der Waals surface area contributed by atoms with Crippen LogP contribution in [0.3, 0.4) is 0 Å². The van der Waals surface area contributed by atoms with Crippen LogP contribution in [-0.4, -0.2) is 0 Å². The predicted molar refractivity (Wildman–Crippen MR) is 222 cm³/mol. The summed E-state index contributed by atoms with van der Waals surface area (Å²) in [6, 6.07) is 65.2. The fraction of sp³-hybridized carbons (Fsp3) is 0.0769. The molecule has 9 aromatic rings. The number of fused-ring (bicyclic) bond motifs is 16. The fourth-order valence-electron chi connectivity index (χ4n) is 10.4. The summed E-state index contributed by atoms with van der Waals surface area (Å²) in [7, 11) is 0. The topological polar surface area (TPSA) is 16.4 Å². The van der Waals surface area contributed by atoms with Crippen molar-refractivity contribution in [2.24, 2.45) is 0 Å². The molecule has 0 radical (unpaired) electrons. The lowest BCUT2D eigenvalue weighted by molar-refractivity contribution is 0.660. The van der Waals surface area contributed by atoms with Crippen LogP contribution in [0, 0.1) is 0 Å². The van der Waals surface area contributed by atoms with Crippen LogP contribution < -0.4 is 4.90 Å². The van der Waals surface area contributed by atoms with Crippen LogP contribution in [0.5, 0.6) is 0 Å². The van der Waals surface area contributed by atoms with Gasteiger partial charge in [-0.3, -0.25) is 0 Å². The molecule has 3 aliphatic carbocycles. The van der Waals surface area contributed by atoms with E-state index in [2.05, 4.69) is 189 Å². The smallest absolute Gasteiger partial charge is 0.137 e. The second-order valence-electron chi connectivity index (χ2n) is 15.6. The second-order valence-corrected chi connectivity index (χ2v) is 15.6. The Kier molecular flexibility index (Phi) is 5.81. The van der Waals surface area contributed by atoms with E-state index in [-0.39, 0.29) is 5.41 Å². The van der Waals surface area contributed by atoms with Crippen LogP contribution in [0.25, 0.3) is 55.3 Å². The van der Waals surface area contributed by atoms with Gasteiger partial charge in [0.1, 0.15) is 11.2 Å². The van der Waals surface area contributed by atoms with Gasteiger partial charge in [-0.25, -0.2) is 0 Å². The van der Waals surface area contributed by atoms with Crippen molar-refractivity contribution in [1.29, 1.82) is 0 Å². The molecule has 8 aromatic carbocycles. The number of hydrogen-bond donors (Lipinski definition) is 0. The van der Waals surface area contributed by atoms with E-state index in [1.807, 2.05) is 6.07 Å². The summed E-state index contributed by atoms with van der Waals surface area (Å²) in [5.74, 6) is 0. The third-order valence-electron chi connectivity index (χ3n) is 12.7. The molecule has 2 heteroatoms. The molecule has 0 saturated heterocycles. The first-order valence-corrected chi connectivity index (χ1v) is 18.9. The van der Waals surface area contributed by atoms with Crippen molar-refractivity contribution < 1.29 is 4.42 Å². The first-order valence-electron chi connectivity index (χ1n) is 18.9. The van der Waals surface area contributed by atoms with Gasteiger partial charge in [-0.15, -0.1) is 0 Å². The standard InChI is InChI=1S/C52H35NO/c1-51(2)41-19-8-3-14-34(41)37-28-26-32(30-46(37)51)53(33-27-29-39-38-17-7-12-25-48(38)54-49(39)31-33)47-24-13-23-45-50(47)40-18-6-11-22-44(40)52(45)42-20-9-4-15-35(42)36-16-5-10-21-43(36)52/h3-31H,1-2H3. The normalized spacial score (nSPS) is 14.8. The zero-order chi connectivity index (χ0) is 35.8. The predicted octanol–water partition coefficient (Wildman–Crippen LogP) is 13.7. The van der Waals surface area contributed by atoms with Crippen LogP contribution in [0.2, 0.25) is 0 Å². The van der Waals surface area contributed by atoms with Crippen molar-refractivity contribution >= 4 is 39.0 Å². The molecular formula is C52H35NO. The van der Waals surface area contributed by atoms with Crippen LogP contribution in [-0.2, 0) is 10.8 Å². The molecule has 12 rings (SSSR count). The summed E-state index contributed by atoms with van der Waals surface area (Å²) in [6.07, 6.45) is 0. The molecule has 1 heterocycles. The minimum Gasteiger partial charge on any atom is -0.456 e. The second kappa shape index (κ2) is 10.5. The SMILES string of the molecule is CC1(C)c2ccccc2-c2ccc(N(c3ccc4c(c3)oc3ccccc34)c3cccc4c3-c3ccccc3C43c4ccccc4-c4ccccc43)cc21. The van der Waals surface area contributed by atoms with Gasteiger partial charge in [-0.05, 0) is 97.6 Å². The Hall–Kier alpha value is -6.64. The molecule has 0 saturated carbocycles. The molecule has 0 amide bonds. The molecule has 2 nitrogen and oxygen atoms in total. The Labute approximate surface area is 314 Å². The van der Waals surface area contributed by atoms with E-state index in [4.69, 9.17) is 4.42 Å². The Balaban J connectivity index is 1.16. The average molecular weight is 690 g/mol. The third kappa shape index (κ3) is 3.65. The van der Waals surface area contributed by atoms with Gasteiger partial charge in [0.15, 0.2) is 0 Å². The van der Waals surface area contributed by atoms with Gasteiger partial charge < -0.3 is 9.32 Å². The molecule has 254 valence electrons. The Morgan fingerprint density at radius 1 is 0.389 bits per heavy atom. The number of hydrogen-bond acceptors (Lipinski definition) is 2. The number of benzene rings is 8. The Morgan fingerprint density at radius 2 is 0.907 bits per heavy atom. The Morgan fingerprint density at radius 3 is 1.65 bits per heavy atom. The van der Waals surface area contributed by atoms with E-state index in [1.165, 1.54) is 66.8 Å². The zero-order valence-corrected chi connectivity index (χ0v) is 30.1. The van der Waals surface area contributed by atoms with Crippen LogP contribution in [0.15, 0.2) is 180 Å². The summed E-state index contributed by atoms with van der Waals surface area (Å²) in [6.45, 7) is 4.73. The van der Waals surface area contributed by atoms with Gasteiger partial charge in [0.05, 0.1) is 11.1 Å². The van der Waals surface area contributed by atoms with E-state index in [0.29, 0.717) is 0 Å². The van der Waals surface area contributed by atoms with Crippen molar-refractivity contribution in [2.75, 3.05) is 4.90 Å². The fourth-order valence-corrected chi connectivity index (χ4v) is 10.4. The molecule has 54 heavy (non-hydrogen) atoms. The summed E-state index contributed by atoms with van der Waals surface area (Å²) < 4.78 is 6.54. The highest BCUT2D eigenvalue weighted by molar-refractivity contribution is 6.07. The van der Waals surface area contributed by atoms with E-state index >= 15 is 0 Å². The van der Waals surface area contributed by atoms with Crippen LogP contribution >= 0.6 is 0 Å². The summed E-state index contributed by atoms with van der Waals surface area (Å²) >= 11 is 0. The van der Waals surface area contributed by atoms with Gasteiger partial charge in [0.25, 0.3) is 0 Å². The van der Waals surface area contributed by atoms with Gasteiger partial charge in [-0.1, -0.05) is 147 Å². The molecule has 1 spiro atoms. The number of nitrogens with zero attached hydrogens (tertiary/aromatic N) is 1. The molecular weight excluding hydrogens is 655 g/mol. The molecule has 0 atom stereocenters. The first-order chi connectivity index (χ1) is 26.5. The minimum atomic E-state index is -0.426. The van der Waals surface area contributed by atoms with Gasteiger partial charge >= 0.3 is 0 Å². The number of para-hydroxylation sites is 1. The molecule has 0 fully saturated rings. The Bertz CT molecular complexity index is 3010. The maximum Gasteiger partial charge on any atom is 0.137 e. The molecule has 1 aromatic heterocycles. The molecule has 0 bridgehead atoms. The first kappa shape index (κ1) is 29.9. The van der Waals surface area contributed by atoms with Crippen LogP contribution in [0.4, 0.5) is 17.1 Å². The van der Waals surface area contributed by atoms with E-state index < -0.39 is 5.41 Å². The van der Waals surface area contributed by atoms with E-state index in [1.54, 1.807) is 0 Å². The molecule has 0 aliphatic heterocycles. The lowest BCUT2D eigenvalue weighted by Gasteiger charge is -2.32. The zero-order valence-electron chi connectivity index (χ0n) is 30.1. The lowest BCUT2D eigenvalue weighted by atomic mass is 9.70. The van der Waals surface area contributed by atoms with Crippen molar-refractivity contribution in [1.82, 2.24) is 0 Å². The summed E-state index contributed by atoms with van der Waals surface area (Å²) in [5.41, 5.74) is 20.5. The van der Waals surface area contributed by atoms with Crippen molar-refractivity contribution in [3.05, 3.63) is 209 Å². The van der Waals surface area contributed by atoms with E-state index in [0.717, 1.165) is 39.0 Å². The van der Waals surface area contributed by atoms with Crippen molar-refractivity contribution in [3.8, 4) is 33.4 Å². The van der Waals surface area contributed by atoms with Crippen molar-refractivity contribution in [2.45, 2.75) is 24.7 Å². The molecule has 0 N–H and O–H groups in total. The number of anilines is 3. The monoisotopic (exact) mass is 689 g/mol. The average Bonchev–Trinajstić information content (AvgIpc) is 3.90. The van der Waals surface area contributed by atoms with Gasteiger partial charge in [0.2, 0.25) is 0 Å². The van der Waals surface area contributed by atoms with Gasteiger partial charge in [0, 0.05) is 39.2 Å². The lowest BCUT2D eigenvalue weighted by Crippen LogP contribution is -2.26. The summed E-state index contributed by atoms with van der Waals surface area (Å²) in [5, 5.41) is 2.26. The number of furan rings is 1. The highest BCUT2D eigenvalue weighted by Gasteiger charge is 2.52. The maximum atomic E-state index is 6.54. The van der Waals surface area contributed by atoms with Crippen molar-refractivity contribution in [3.63, 3.8) is 0 Å².